The van der Waals surface area contributed by atoms with Crippen LogP contribution in [0, 0.1) is 5.82 Å². The second kappa shape index (κ2) is 5.79. The van der Waals surface area contributed by atoms with E-state index in [0.29, 0.717) is 29.5 Å². The Kier molecular flexibility index (Phi) is 4.11. The number of aromatic nitrogens is 2. The van der Waals surface area contributed by atoms with Crippen molar-refractivity contribution in [2.75, 3.05) is 0 Å². The molecule has 1 heterocycles. The fourth-order valence-electron chi connectivity index (χ4n) is 1.64. The molecule has 0 aliphatic carbocycles. The smallest absolute Gasteiger partial charge is 0.253 e. The molecule has 2 rings (SSSR count). The lowest BCUT2D eigenvalue weighted by Gasteiger charge is -2.12. The van der Waals surface area contributed by atoms with Crippen LogP contribution in [0.3, 0.4) is 0 Å². The van der Waals surface area contributed by atoms with Gasteiger partial charge in [-0.3, -0.25) is 0 Å². The van der Waals surface area contributed by atoms with E-state index >= 15 is 0 Å². The Morgan fingerprint density at radius 3 is 2.74 bits per heavy atom. The van der Waals surface area contributed by atoms with Crippen LogP contribution < -0.4 is 10.5 Å². The highest BCUT2D eigenvalue weighted by Gasteiger charge is 2.11. The number of benzene rings is 1. The van der Waals surface area contributed by atoms with Gasteiger partial charge >= 0.3 is 0 Å². The second-order valence-electron chi connectivity index (χ2n) is 4.20. The Balaban J connectivity index is 2.10. The first-order chi connectivity index (χ1) is 9.10. The molecule has 0 spiro atoms. The predicted octanol–water partition coefficient (Wildman–Crippen LogP) is 2.37. The topological polar surface area (TPSA) is 74.2 Å². The zero-order chi connectivity index (χ0) is 13.8. The summed E-state index contributed by atoms with van der Waals surface area (Å²) in [5, 5.41) is 7.68. The molecule has 0 saturated carbocycles. The number of rotatable bonds is 5. The summed E-state index contributed by atoms with van der Waals surface area (Å²) in [6.45, 7) is 3.83. The lowest BCUT2D eigenvalue weighted by molar-refractivity contribution is 0.255. The van der Waals surface area contributed by atoms with Crippen LogP contribution in [-0.4, -0.2) is 10.2 Å². The molecule has 102 valence electrons. The Hall–Kier alpha value is -1.95. The van der Waals surface area contributed by atoms with Gasteiger partial charge in [0.05, 0.1) is 0 Å². The van der Waals surface area contributed by atoms with Gasteiger partial charge in [0.25, 0.3) is 5.89 Å². The molecule has 1 aromatic carbocycles. The van der Waals surface area contributed by atoms with E-state index < -0.39 is 0 Å². The molecule has 2 N–H and O–H groups in total. The molecule has 0 bridgehead atoms. The minimum Gasteiger partial charge on any atom is -0.483 e. The van der Waals surface area contributed by atoms with Gasteiger partial charge in [-0.2, -0.15) is 0 Å². The fraction of sp³-hybridized carbons (Fsp3) is 0.385. The van der Waals surface area contributed by atoms with Crippen molar-refractivity contribution >= 4 is 0 Å². The molecule has 6 heteroatoms. The number of aryl methyl sites for hydroxylation is 1. The lowest BCUT2D eigenvalue weighted by atomic mass is 10.1. The van der Waals surface area contributed by atoms with Gasteiger partial charge in [0.1, 0.15) is 11.6 Å². The molecule has 1 atom stereocenters. The number of nitrogens with two attached hydrogens (primary N) is 1. The molecule has 19 heavy (non-hydrogen) atoms. The highest BCUT2D eigenvalue weighted by Crippen LogP contribution is 2.25. The Morgan fingerprint density at radius 1 is 1.37 bits per heavy atom. The normalized spacial score (nSPS) is 12.4. The van der Waals surface area contributed by atoms with Gasteiger partial charge in [-0.25, -0.2) is 4.39 Å². The molecular weight excluding hydrogens is 249 g/mol. The van der Waals surface area contributed by atoms with Crippen LogP contribution in [-0.2, 0) is 13.0 Å². The van der Waals surface area contributed by atoms with Gasteiger partial charge in [0.2, 0.25) is 5.89 Å². The van der Waals surface area contributed by atoms with E-state index in [1.54, 1.807) is 13.0 Å². The van der Waals surface area contributed by atoms with Crippen molar-refractivity contribution in [1.82, 2.24) is 10.2 Å². The Labute approximate surface area is 110 Å². The first-order valence-corrected chi connectivity index (χ1v) is 6.09. The molecule has 0 amide bonds. The van der Waals surface area contributed by atoms with Crippen LogP contribution in [0.25, 0.3) is 0 Å². The van der Waals surface area contributed by atoms with E-state index in [4.69, 9.17) is 14.9 Å². The van der Waals surface area contributed by atoms with Crippen molar-refractivity contribution in [3.8, 4) is 5.75 Å². The van der Waals surface area contributed by atoms with Gasteiger partial charge in [-0.05, 0) is 25.1 Å². The van der Waals surface area contributed by atoms with Gasteiger partial charge < -0.3 is 14.9 Å². The molecule has 1 aromatic heterocycles. The summed E-state index contributed by atoms with van der Waals surface area (Å²) in [7, 11) is 0. The van der Waals surface area contributed by atoms with E-state index in [-0.39, 0.29) is 18.5 Å². The minimum atomic E-state index is -0.342. The summed E-state index contributed by atoms with van der Waals surface area (Å²) in [4.78, 5) is 0. The molecular formula is C13H16FN3O2. The van der Waals surface area contributed by atoms with Crippen molar-refractivity contribution < 1.29 is 13.5 Å². The number of ether oxygens (including phenoxy) is 1. The van der Waals surface area contributed by atoms with Gasteiger partial charge in [0, 0.05) is 18.0 Å². The minimum absolute atomic E-state index is 0.137. The maximum absolute atomic E-state index is 13.2. The molecule has 0 radical (unpaired) electrons. The van der Waals surface area contributed by atoms with E-state index in [1.165, 1.54) is 12.1 Å². The molecule has 0 saturated heterocycles. The molecule has 0 fully saturated rings. The summed E-state index contributed by atoms with van der Waals surface area (Å²) in [5.41, 5.74) is 6.39. The molecule has 2 aromatic rings. The number of nitrogens with zero attached hydrogens (tertiary/aromatic N) is 2. The highest BCUT2D eigenvalue weighted by atomic mass is 19.1. The molecule has 0 aliphatic heterocycles. The van der Waals surface area contributed by atoms with Crippen LogP contribution in [0.1, 0.15) is 37.2 Å². The van der Waals surface area contributed by atoms with Crippen molar-refractivity contribution in [3.05, 3.63) is 41.4 Å². The standard InChI is InChI=1S/C13H16FN3O2/c1-3-12-16-17-13(19-12)7-18-11-5-4-9(14)6-10(11)8(2)15/h4-6,8H,3,7,15H2,1-2H3/t8-/m0/s1. The fourth-order valence-corrected chi connectivity index (χ4v) is 1.64. The van der Waals surface area contributed by atoms with Gasteiger partial charge in [-0.15, -0.1) is 10.2 Å². The van der Waals surface area contributed by atoms with Crippen LogP contribution in [0.15, 0.2) is 22.6 Å². The summed E-state index contributed by atoms with van der Waals surface area (Å²) >= 11 is 0. The zero-order valence-corrected chi connectivity index (χ0v) is 10.9. The van der Waals surface area contributed by atoms with Crippen molar-refractivity contribution in [1.29, 1.82) is 0 Å². The maximum atomic E-state index is 13.2. The summed E-state index contributed by atoms with van der Waals surface area (Å²) in [6, 6.07) is 3.92. The number of halogens is 1. The third-order valence-corrected chi connectivity index (χ3v) is 2.62. The highest BCUT2D eigenvalue weighted by molar-refractivity contribution is 5.36. The average Bonchev–Trinajstić information content (AvgIpc) is 2.85. The van der Waals surface area contributed by atoms with Gasteiger partial charge in [0.15, 0.2) is 6.61 Å². The van der Waals surface area contributed by atoms with Crippen LogP contribution in [0.4, 0.5) is 4.39 Å². The third-order valence-electron chi connectivity index (χ3n) is 2.62. The van der Waals surface area contributed by atoms with E-state index in [2.05, 4.69) is 10.2 Å². The van der Waals surface area contributed by atoms with Crippen molar-refractivity contribution in [2.24, 2.45) is 5.73 Å². The summed E-state index contributed by atoms with van der Waals surface area (Å²) in [6.07, 6.45) is 0.675. The first-order valence-electron chi connectivity index (χ1n) is 6.09. The quantitative estimate of drug-likeness (QED) is 0.898. The predicted molar refractivity (Wildman–Crippen MR) is 67.0 cm³/mol. The van der Waals surface area contributed by atoms with Crippen LogP contribution in [0.2, 0.25) is 0 Å². The Morgan fingerprint density at radius 2 is 2.11 bits per heavy atom. The molecule has 0 unspecified atom stereocenters. The number of hydrogen-bond donors (Lipinski definition) is 1. The summed E-state index contributed by atoms with van der Waals surface area (Å²) < 4.78 is 24.0. The molecule has 0 aliphatic rings. The second-order valence-corrected chi connectivity index (χ2v) is 4.20. The first kappa shape index (κ1) is 13.5. The van der Waals surface area contributed by atoms with Crippen molar-refractivity contribution in [2.45, 2.75) is 32.9 Å². The number of hydrogen-bond acceptors (Lipinski definition) is 5. The van der Waals surface area contributed by atoms with E-state index in [0.717, 1.165) is 0 Å². The SMILES string of the molecule is CCc1nnc(COc2ccc(F)cc2[C@H](C)N)o1. The summed E-state index contributed by atoms with van der Waals surface area (Å²) in [5.74, 6) is 1.13. The van der Waals surface area contributed by atoms with Crippen LogP contribution in [0.5, 0.6) is 5.75 Å². The zero-order valence-electron chi connectivity index (χ0n) is 10.9. The van der Waals surface area contributed by atoms with E-state index in [1.807, 2.05) is 6.92 Å². The van der Waals surface area contributed by atoms with Gasteiger partial charge in [-0.1, -0.05) is 6.92 Å². The van der Waals surface area contributed by atoms with Crippen molar-refractivity contribution in [3.63, 3.8) is 0 Å². The average molecular weight is 265 g/mol. The third kappa shape index (κ3) is 3.29. The lowest BCUT2D eigenvalue weighted by Crippen LogP contribution is -2.08. The Bertz CT molecular complexity index is 555. The van der Waals surface area contributed by atoms with E-state index in [9.17, 15) is 4.39 Å². The van der Waals surface area contributed by atoms with Crippen LogP contribution >= 0.6 is 0 Å². The maximum Gasteiger partial charge on any atom is 0.253 e. The molecule has 5 nitrogen and oxygen atoms in total. The largest absolute Gasteiger partial charge is 0.483 e. The monoisotopic (exact) mass is 265 g/mol.